The van der Waals surface area contributed by atoms with Crippen LogP contribution in [0, 0.1) is 0 Å². The highest BCUT2D eigenvalue weighted by atomic mass is 79.9. The number of Topliss-reactive ketones (excluding diaryl/α,β-unsaturated/α-hetero) is 1. The van der Waals surface area contributed by atoms with E-state index in [0.29, 0.717) is 6.42 Å². The van der Waals surface area contributed by atoms with Gasteiger partial charge in [0.2, 0.25) is 0 Å². The first-order valence-corrected chi connectivity index (χ1v) is 7.32. The molecule has 1 atom stereocenters. The molecule has 0 saturated carbocycles. The highest BCUT2D eigenvalue weighted by Crippen LogP contribution is 2.22. The van der Waals surface area contributed by atoms with Gasteiger partial charge in [-0.2, -0.15) is 0 Å². The fourth-order valence-corrected chi connectivity index (χ4v) is 2.53. The van der Waals surface area contributed by atoms with Crippen molar-refractivity contribution in [1.82, 2.24) is 0 Å². The van der Waals surface area contributed by atoms with Crippen LogP contribution in [0.4, 0.5) is 0 Å². The molecule has 0 bridgehead atoms. The summed E-state index contributed by atoms with van der Waals surface area (Å²) in [5.41, 5.74) is 2.19. The first-order chi connectivity index (χ1) is 9.20. The van der Waals surface area contributed by atoms with E-state index in [0.717, 1.165) is 22.0 Å². The third-order valence-electron chi connectivity index (χ3n) is 3.29. The van der Waals surface area contributed by atoms with Gasteiger partial charge in [-0.05, 0) is 29.7 Å². The molecule has 0 spiro atoms. The van der Waals surface area contributed by atoms with Crippen LogP contribution < -0.4 is 0 Å². The highest BCUT2D eigenvalue weighted by Gasteiger charge is 2.18. The Morgan fingerprint density at radius 3 is 2.26 bits per heavy atom. The van der Waals surface area contributed by atoms with E-state index in [9.17, 15) is 4.79 Å². The molecule has 0 saturated heterocycles. The molecule has 0 aliphatic carbocycles. The van der Waals surface area contributed by atoms with Crippen molar-refractivity contribution in [3.05, 3.63) is 70.2 Å². The van der Waals surface area contributed by atoms with E-state index in [-0.39, 0.29) is 11.7 Å². The number of hydrogen-bond donors (Lipinski definition) is 0. The fourth-order valence-electron chi connectivity index (χ4n) is 2.26. The smallest absolute Gasteiger partial charge is 0.144 e. The largest absolute Gasteiger partial charge is 0.299 e. The van der Waals surface area contributed by atoms with Gasteiger partial charge in [0.05, 0.1) is 0 Å². The minimum atomic E-state index is 0.00449. The topological polar surface area (TPSA) is 17.1 Å². The van der Waals surface area contributed by atoms with Crippen LogP contribution in [-0.4, -0.2) is 5.78 Å². The van der Waals surface area contributed by atoms with Crippen molar-refractivity contribution in [3.8, 4) is 0 Å². The van der Waals surface area contributed by atoms with E-state index in [1.54, 1.807) is 0 Å². The van der Waals surface area contributed by atoms with Crippen molar-refractivity contribution in [2.45, 2.75) is 25.7 Å². The van der Waals surface area contributed by atoms with Crippen LogP contribution in [-0.2, 0) is 11.2 Å². The summed E-state index contributed by atoms with van der Waals surface area (Å²) in [4.78, 5) is 12.4. The Kier molecular flexibility index (Phi) is 4.92. The second-order valence-electron chi connectivity index (χ2n) is 4.64. The third kappa shape index (κ3) is 3.77. The second kappa shape index (κ2) is 6.67. The minimum absolute atomic E-state index is 0.00449. The first-order valence-electron chi connectivity index (χ1n) is 6.52. The summed E-state index contributed by atoms with van der Waals surface area (Å²) in [7, 11) is 0. The zero-order valence-electron chi connectivity index (χ0n) is 11.0. The Morgan fingerprint density at radius 2 is 1.68 bits per heavy atom. The van der Waals surface area contributed by atoms with E-state index in [4.69, 9.17) is 0 Å². The van der Waals surface area contributed by atoms with Crippen molar-refractivity contribution in [2.24, 2.45) is 0 Å². The SMILES string of the molecule is CCC(C(=O)Cc1ccc(Br)cc1)c1ccccc1. The molecule has 2 aromatic carbocycles. The molecule has 2 aromatic rings. The van der Waals surface area contributed by atoms with E-state index < -0.39 is 0 Å². The molecule has 2 heteroatoms. The molecule has 1 unspecified atom stereocenters. The molecule has 0 aromatic heterocycles. The molecule has 0 aliphatic rings. The Hall–Kier alpha value is -1.41. The number of rotatable bonds is 5. The lowest BCUT2D eigenvalue weighted by molar-refractivity contribution is -0.119. The van der Waals surface area contributed by atoms with Gasteiger partial charge >= 0.3 is 0 Å². The zero-order valence-corrected chi connectivity index (χ0v) is 12.6. The Labute approximate surface area is 122 Å². The number of benzene rings is 2. The summed E-state index contributed by atoms with van der Waals surface area (Å²) < 4.78 is 1.04. The maximum atomic E-state index is 12.4. The van der Waals surface area contributed by atoms with Gasteiger partial charge in [-0.25, -0.2) is 0 Å². The maximum absolute atomic E-state index is 12.4. The lowest BCUT2D eigenvalue weighted by Gasteiger charge is -2.14. The number of ketones is 1. The average Bonchev–Trinajstić information content (AvgIpc) is 2.43. The molecule has 0 N–H and O–H groups in total. The molecule has 1 nitrogen and oxygen atoms in total. The maximum Gasteiger partial charge on any atom is 0.144 e. The molecule has 2 rings (SSSR count). The number of carbonyl (C=O) groups excluding carboxylic acids is 1. The molecule has 19 heavy (non-hydrogen) atoms. The van der Waals surface area contributed by atoms with Gasteiger partial charge in [-0.1, -0.05) is 65.3 Å². The summed E-state index contributed by atoms with van der Waals surface area (Å²) >= 11 is 3.41. The molecule has 0 aliphatic heterocycles. The van der Waals surface area contributed by atoms with Crippen LogP contribution in [0.25, 0.3) is 0 Å². The van der Waals surface area contributed by atoms with Gasteiger partial charge in [-0.3, -0.25) is 4.79 Å². The van der Waals surface area contributed by atoms with Gasteiger partial charge in [-0.15, -0.1) is 0 Å². The number of halogens is 1. The zero-order chi connectivity index (χ0) is 13.7. The van der Waals surface area contributed by atoms with Crippen molar-refractivity contribution in [3.63, 3.8) is 0 Å². The standard InChI is InChI=1S/C17H17BrO/c1-2-16(14-6-4-3-5-7-14)17(19)12-13-8-10-15(18)11-9-13/h3-11,16H,2,12H2,1H3. The number of hydrogen-bond acceptors (Lipinski definition) is 1. The molecule has 0 fully saturated rings. The van der Waals surface area contributed by atoms with Crippen molar-refractivity contribution < 1.29 is 4.79 Å². The van der Waals surface area contributed by atoms with Gasteiger partial charge in [0.25, 0.3) is 0 Å². The van der Waals surface area contributed by atoms with Crippen LogP contribution in [0.2, 0.25) is 0 Å². The summed E-state index contributed by atoms with van der Waals surface area (Å²) in [5, 5.41) is 0. The van der Waals surface area contributed by atoms with Gasteiger partial charge in [0.15, 0.2) is 0 Å². The van der Waals surface area contributed by atoms with Gasteiger partial charge in [0, 0.05) is 16.8 Å². The quantitative estimate of drug-likeness (QED) is 0.777. The summed E-state index contributed by atoms with van der Waals surface area (Å²) in [5.74, 6) is 0.292. The summed E-state index contributed by atoms with van der Waals surface area (Å²) in [6.45, 7) is 2.07. The molecule has 0 amide bonds. The predicted molar refractivity (Wildman–Crippen MR) is 82.3 cm³/mol. The van der Waals surface area contributed by atoms with Gasteiger partial charge < -0.3 is 0 Å². The molecule has 0 heterocycles. The Morgan fingerprint density at radius 1 is 1.05 bits per heavy atom. The van der Waals surface area contributed by atoms with Crippen LogP contribution in [0.3, 0.4) is 0 Å². The summed E-state index contributed by atoms with van der Waals surface area (Å²) in [6, 6.07) is 18.0. The van der Waals surface area contributed by atoms with E-state index in [2.05, 4.69) is 22.9 Å². The van der Waals surface area contributed by atoms with Crippen LogP contribution in [0.5, 0.6) is 0 Å². The second-order valence-corrected chi connectivity index (χ2v) is 5.56. The van der Waals surface area contributed by atoms with Crippen molar-refractivity contribution in [1.29, 1.82) is 0 Å². The normalized spacial score (nSPS) is 12.1. The Bertz CT molecular complexity index is 531. The monoisotopic (exact) mass is 316 g/mol. The van der Waals surface area contributed by atoms with E-state index >= 15 is 0 Å². The average molecular weight is 317 g/mol. The Balaban J connectivity index is 2.11. The van der Waals surface area contributed by atoms with Crippen molar-refractivity contribution >= 4 is 21.7 Å². The third-order valence-corrected chi connectivity index (χ3v) is 3.82. The molecular formula is C17H17BrO. The molecule has 0 radical (unpaired) electrons. The lowest BCUT2D eigenvalue weighted by atomic mass is 9.89. The fraction of sp³-hybridized carbons (Fsp3) is 0.235. The van der Waals surface area contributed by atoms with E-state index in [1.165, 1.54) is 0 Å². The van der Waals surface area contributed by atoms with Crippen molar-refractivity contribution in [2.75, 3.05) is 0 Å². The lowest BCUT2D eigenvalue weighted by Crippen LogP contribution is -2.14. The minimum Gasteiger partial charge on any atom is -0.299 e. The van der Waals surface area contributed by atoms with Crippen LogP contribution >= 0.6 is 15.9 Å². The predicted octanol–water partition coefficient (Wildman–Crippen LogP) is 4.75. The molecular weight excluding hydrogens is 300 g/mol. The summed E-state index contributed by atoms with van der Waals surface area (Å²) in [6.07, 6.45) is 1.35. The molecule has 98 valence electrons. The van der Waals surface area contributed by atoms with Crippen LogP contribution in [0.1, 0.15) is 30.4 Å². The van der Waals surface area contributed by atoms with Gasteiger partial charge in [0.1, 0.15) is 5.78 Å². The number of carbonyl (C=O) groups is 1. The van der Waals surface area contributed by atoms with E-state index in [1.807, 2.05) is 54.6 Å². The highest BCUT2D eigenvalue weighted by molar-refractivity contribution is 9.10. The van der Waals surface area contributed by atoms with Crippen LogP contribution in [0.15, 0.2) is 59.1 Å². The first kappa shape index (κ1) is 14.0.